The lowest BCUT2D eigenvalue weighted by Crippen LogP contribution is -2.54. The summed E-state index contributed by atoms with van der Waals surface area (Å²) in [6.07, 6.45) is 2.13. The highest BCUT2D eigenvalue weighted by molar-refractivity contribution is 9.10. The number of nitrogens with zero attached hydrogens (tertiary/aromatic N) is 1. The van der Waals surface area contributed by atoms with Gasteiger partial charge in [0.15, 0.2) is 0 Å². The number of hydrogen-bond acceptors (Lipinski definition) is 2. The summed E-state index contributed by atoms with van der Waals surface area (Å²) in [6.45, 7) is 2.95. The molecule has 2 aliphatic heterocycles. The van der Waals surface area contributed by atoms with Crippen molar-refractivity contribution in [2.75, 3.05) is 16.8 Å². The number of halogens is 2. The quantitative estimate of drug-likeness (QED) is 0.798. The van der Waals surface area contributed by atoms with E-state index in [1.165, 1.54) is 6.07 Å². The molecule has 2 unspecified atom stereocenters. The van der Waals surface area contributed by atoms with Crippen molar-refractivity contribution in [1.29, 1.82) is 0 Å². The van der Waals surface area contributed by atoms with Gasteiger partial charge in [0.2, 0.25) is 5.91 Å². The van der Waals surface area contributed by atoms with Crippen molar-refractivity contribution >= 4 is 33.2 Å². The predicted octanol–water partition coefficient (Wildman–Crippen LogP) is 3.15. The number of anilines is 2. The molecule has 1 aromatic carbocycles. The van der Waals surface area contributed by atoms with Gasteiger partial charge >= 0.3 is 0 Å². The van der Waals surface area contributed by atoms with Gasteiger partial charge in [0, 0.05) is 12.6 Å². The Balaban J connectivity index is 2.10. The van der Waals surface area contributed by atoms with Crippen LogP contribution in [-0.2, 0) is 4.79 Å². The highest BCUT2D eigenvalue weighted by atomic mass is 79.9. The molecule has 2 heterocycles. The monoisotopic (exact) mass is 312 g/mol. The van der Waals surface area contributed by atoms with Crippen molar-refractivity contribution in [1.82, 2.24) is 0 Å². The molecular formula is C13H14BrFN2O. The number of hydrogen-bond donors (Lipinski definition) is 1. The van der Waals surface area contributed by atoms with Crippen molar-refractivity contribution in [3.8, 4) is 0 Å². The van der Waals surface area contributed by atoms with Gasteiger partial charge < -0.3 is 10.2 Å². The minimum atomic E-state index is -0.349. The molecular weight excluding hydrogens is 299 g/mol. The third-order valence-corrected chi connectivity index (χ3v) is 4.42. The van der Waals surface area contributed by atoms with E-state index >= 15 is 0 Å². The van der Waals surface area contributed by atoms with Crippen molar-refractivity contribution in [2.45, 2.75) is 25.8 Å². The first-order chi connectivity index (χ1) is 8.58. The van der Waals surface area contributed by atoms with E-state index < -0.39 is 0 Å². The molecule has 96 valence electrons. The predicted molar refractivity (Wildman–Crippen MR) is 72.3 cm³/mol. The zero-order valence-electron chi connectivity index (χ0n) is 10.0. The van der Waals surface area contributed by atoms with E-state index in [1.807, 2.05) is 0 Å². The second-order valence-corrected chi connectivity index (χ2v) is 5.88. The van der Waals surface area contributed by atoms with Crippen molar-refractivity contribution in [3.05, 3.63) is 22.4 Å². The molecule has 1 N–H and O–H groups in total. The maximum atomic E-state index is 13.5. The van der Waals surface area contributed by atoms with Gasteiger partial charge in [0.1, 0.15) is 11.9 Å². The minimum absolute atomic E-state index is 0.0172. The molecule has 0 aromatic heterocycles. The van der Waals surface area contributed by atoms with Crippen molar-refractivity contribution < 1.29 is 9.18 Å². The summed E-state index contributed by atoms with van der Waals surface area (Å²) in [5.74, 6) is -0.0373. The third-order valence-electron chi connectivity index (χ3n) is 3.81. The Morgan fingerprint density at radius 3 is 3.06 bits per heavy atom. The molecule has 1 amide bonds. The molecule has 1 fully saturated rings. The second kappa shape index (κ2) is 4.23. The van der Waals surface area contributed by atoms with E-state index in [-0.39, 0.29) is 17.8 Å². The Hall–Kier alpha value is -1.10. The third kappa shape index (κ3) is 1.72. The van der Waals surface area contributed by atoms with Crippen LogP contribution < -0.4 is 10.2 Å². The standard InChI is InChI=1S/C13H14BrFN2O/c1-7-3-2-4-17-11-5-8(14)9(15)6-10(11)16-13(18)12(7)17/h5-7,12H,2-4H2,1H3,(H,16,18). The number of nitrogens with one attached hydrogen (secondary N) is 1. The molecule has 0 radical (unpaired) electrons. The molecule has 0 bridgehead atoms. The van der Waals surface area contributed by atoms with Crippen LogP contribution >= 0.6 is 15.9 Å². The largest absolute Gasteiger partial charge is 0.358 e. The molecule has 3 nitrogen and oxygen atoms in total. The maximum absolute atomic E-state index is 13.5. The molecule has 1 saturated heterocycles. The van der Waals surface area contributed by atoms with Crippen molar-refractivity contribution in [2.24, 2.45) is 5.92 Å². The summed E-state index contributed by atoms with van der Waals surface area (Å²) in [5, 5.41) is 2.82. The lowest BCUT2D eigenvalue weighted by atomic mass is 9.88. The second-order valence-electron chi connectivity index (χ2n) is 5.03. The van der Waals surface area contributed by atoms with Crippen LogP contribution in [0.1, 0.15) is 19.8 Å². The number of amides is 1. The normalized spacial score (nSPS) is 26.4. The van der Waals surface area contributed by atoms with Crippen LogP contribution in [0.15, 0.2) is 16.6 Å². The van der Waals surface area contributed by atoms with E-state index in [9.17, 15) is 9.18 Å². The molecule has 0 saturated carbocycles. The van der Waals surface area contributed by atoms with E-state index in [0.717, 1.165) is 25.1 Å². The summed E-state index contributed by atoms with van der Waals surface area (Å²) >= 11 is 3.21. The molecule has 1 aromatic rings. The molecule has 3 rings (SSSR count). The first-order valence-corrected chi connectivity index (χ1v) is 6.94. The van der Waals surface area contributed by atoms with Gasteiger partial charge in [0.05, 0.1) is 15.8 Å². The summed E-state index contributed by atoms with van der Waals surface area (Å²) < 4.78 is 14.0. The average Bonchev–Trinajstić information content (AvgIpc) is 2.32. The van der Waals surface area contributed by atoms with Crippen LogP contribution in [0.4, 0.5) is 15.8 Å². The van der Waals surface area contributed by atoms with Gasteiger partial charge in [-0.25, -0.2) is 4.39 Å². The van der Waals surface area contributed by atoms with Crippen LogP contribution in [0.25, 0.3) is 0 Å². The SMILES string of the molecule is CC1CCCN2c3cc(Br)c(F)cc3NC(=O)C12. The highest BCUT2D eigenvalue weighted by Crippen LogP contribution is 2.40. The van der Waals surface area contributed by atoms with Gasteiger partial charge in [-0.05, 0) is 40.8 Å². The number of piperidine rings is 1. The maximum Gasteiger partial charge on any atom is 0.247 e. The van der Waals surface area contributed by atoms with Gasteiger partial charge in [-0.3, -0.25) is 4.79 Å². The first-order valence-electron chi connectivity index (χ1n) is 6.14. The number of rotatable bonds is 0. The van der Waals surface area contributed by atoms with E-state index in [4.69, 9.17) is 0 Å². The van der Waals surface area contributed by atoms with Gasteiger partial charge in [0.25, 0.3) is 0 Å². The van der Waals surface area contributed by atoms with E-state index in [0.29, 0.717) is 16.1 Å². The van der Waals surface area contributed by atoms with Crippen LogP contribution in [0, 0.1) is 11.7 Å². The zero-order chi connectivity index (χ0) is 12.9. The van der Waals surface area contributed by atoms with E-state index in [2.05, 4.69) is 33.1 Å². The van der Waals surface area contributed by atoms with Crippen molar-refractivity contribution in [3.63, 3.8) is 0 Å². The van der Waals surface area contributed by atoms with Crippen LogP contribution in [0.2, 0.25) is 0 Å². The Morgan fingerprint density at radius 2 is 2.28 bits per heavy atom. The fourth-order valence-corrected chi connectivity index (χ4v) is 3.27. The van der Waals surface area contributed by atoms with Gasteiger partial charge in [-0.15, -0.1) is 0 Å². The number of carbonyl (C=O) groups is 1. The minimum Gasteiger partial charge on any atom is -0.358 e. The average molecular weight is 313 g/mol. The fraction of sp³-hybridized carbons (Fsp3) is 0.462. The molecule has 2 atom stereocenters. The number of benzene rings is 1. The topological polar surface area (TPSA) is 32.3 Å². The van der Waals surface area contributed by atoms with Crippen LogP contribution in [-0.4, -0.2) is 18.5 Å². The summed E-state index contributed by atoms with van der Waals surface area (Å²) in [6, 6.07) is 3.02. The smallest absolute Gasteiger partial charge is 0.247 e. The molecule has 2 aliphatic rings. The summed E-state index contributed by atoms with van der Waals surface area (Å²) in [5.41, 5.74) is 1.49. The van der Waals surface area contributed by atoms with Gasteiger partial charge in [-0.1, -0.05) is 6.92 Å². The Bertz CT molecular complexity index is 520. The molecule has 0 aliphatic carbocycles. The lowest BCUT2D eigenvalue weighted by molar-refractivity contribution is -0.119. The molecule has 18 heavy (non-hydrogen) atoms. The van der Waals surface area contributed by atoms with Crippen LogP contribution in [0.3, 0.4) is 0 Å². The first kappa shape index (κ1) is 12.0. The summed E-state index contributed by atoms with van der Waals surface area (Å²) in [7, 11) is 0. The Labute approximate surface area is 113 Å². The Morgan fingerprint density at radius 1 is 1.50 bits per heavy atom. The zero-order valence-corrected chi connectivity index (χ0v) is 11.6. The lowest BCUT2D eigenvalue weighted by Gasteiger charge is -2.44. The number of fused-ring (bicyclic) bond motifs is 3. The fourth-order valence-electron chi connectivity index (χ4n) is 2.94. The highest BCUT2D eigenvalue weighted by Gasteiger charge is 2.39. The molecule has 0 spiro atoms. The Kier molecular flexibility index (Phi) is 2.81. The van der Waals surface area contributed by atoms with Crippen LogP contribution in [0.5, 0.6) is 0 Å². The molecule has 5 heteroatoms. The summed E-state index contributed by atoms with van der Waals surface area (Å²) in [4.78, 5) is 14.2. The number of carbonyl (C=O) groups excluding carboxylic acids is 1. The van der Waals surface area contributed by atoms with Gasteiger partial charge in [-0.2, -0.15) is 0 Å². The van der Waals surface area contributed by atoms with E-state index in [1.54, 1.807) is 6.07 Å².